The molecule has 0 aromatic heterocycles. The lowest BCUT2D eigenvalue weighted by Gasteiger charge is -2.13. The fourth-order valence-electron chi connectivity index (χ4n) is 1.89. The van der Waals surface area contributed by atoms with Crippen molar-refractivity contribution in [3.05, 3.63) is 29.8 Å². The van der Waals surface area contributed by atoms with Crippen molar-refractivity contribution in [3.63, 3.8) is 0 Å². The van der Waals surface area contributed by atoms with E-state index in [1.807, 2.05) is 37.3 Å². The number of fused-ring (bicyclic) bond motifs is 1. The lowest BCUT2D eigenvalue weighted by Crippen LogP contribution is -2.34. The minimum Gasteiger partial charge on any atom is -0.491 e. The normalized spacial score (nSPS) is 18.7. The van der Waals surface area contributed by atoms with Crippen molar-refractivity contribution in [2.24, 2.45) is 5.92 Å². The van der Waals surface area contributed by atoms with E-state index >= 15 is 0 Å². The molecule has 2 unspecified atom stereocenters. The highest BCUT2D eigenvalue weighted by Gasteiger charge is 2.27. The summed E-state index contributed by atoms with van der Waals surface area (Å²) in [5.74, 6) is 0.00544. The summed E-state index contributed by atoms with van der Waals surface area (Å²) < 4.78 is 5.46. The zero-order valence-corrected chi connectivity index (χ0v) is 9.64. The molecule has 2 atom stereocenters. The predicted molar refractivity (Wildman–Crippen MR) is 62.2 cm³/mol. The molecule has 17 heavy (non-hydrogen) atoms. The first-order valence-electron chi connectivity index (χ1n) is 5.68. The van der Waals surface area contributed by atoms with E-state index in [9.17, 15) is 4.79 Å². The van der Waals surface area contributed by atoms with Crippen molar-refractivity contribution >= 4 is 5.91 Å². The van der Waals surface area contributed by atoms with Gasteiger partial charge in [-0.3, -0.25) is 4.79 Å². The maximum atomic E-state index is 11.8. The molecule has 1 heterocycles. The Bertz CT molecular complexity index is 465. The van der Waals surface area contributed by atoms with Crippen LogP contribution in [-0.4, -0.2) is 12.5 Å². The minimum absolute atomic E-state index is 0.138. The number of nitrogens with zero attached hydrogens (tertiary/aromatic N) is 1. The van der Waals surface area contributed by atoms with Gasteiger partial charge >= 0.3 is 0 Å². The van der Waals surface area contributed by atoms with Gasteiger partial charge in [0.05, 0.1) is 12.1 Å². The fraction of sp³-hybridized carbons (Fsp3) is 0.385. The number of ether oxygens (including phenoxy) is 1. The van der Waals surface area contributed by atoms with Gasteiger partial charge in [-0.15, -0.1) is 0 Å². The summed E-state index contributed by atoms with van der Waals surface area (Å²) in [5, 5.41) is 11.7. The molecule has 1 amide bonds. The Morgan fingerprint density at radius 2 is 2.41 bits per heavy atom. The molecule has 4 heteroatoms. The van der Waals surface area contributed by atoms with E-state index in [0.29, 0.717) is 13.0 Å². The molecule has 1 N–H and O–H groups in total. The standard InChI is InChI=1S/C13H14N2O2/c1-2-9(7-14)13(16)15-11-8-17-12-6-4-3-5-10(11)12/h3-6,9,11H,2,8H2,1H3,(H,15,16). The Labute approximate surface area is 100 Å². The maximum Gasteiger partial charge on any atom is 0.237 e. The summed E-state index contributed by atoms with van der Waals surface area (Å²) in [7, 11) is 0. The van der Waals surface area contributed by atoms with Gasteiger partial charge in [-0.2, -0.15) is 5.26 Å². The first kappa shape index (κ1) is 11.5. The maximum absolute atomic E-state index is 11.8. The summed E-state index contributed by atoms with van der Waals surface area (Å²) in [6, 6.07) is 9.47. The number of hydrogen-bond acceptors (Lipinski definition) is 3. The molecule has 2 rings (SSSR count). The number of para-hydroxylation sites is 1. The molecule has 1 aromatic rings. The number of carbonyl (C=O) groups excluding carboxylic acids is 1. The van der Waals surface area contributed by atoms with Gasteiger partial charge < -0.3 is 10.1 Å². The lowest BCUT2D eigenvalue weighted by molar-refractivity contribution is -0.124. The molecule has 0 radical (unpaired) electrons. The number of rotatable bonds is 3. The van der Waals surface area contributed by atoms with Crippen molar-refractivity contribution < 1.29 is 9.53 Å². The van der Waals surface area contributed by atoms with Crippen LogP contribution in [0.25, 0.3) is 0 Å². The first-order valence-corrected chi connectivity index (χ1v) is 5.68. The van der Waals surface area contributed by atoms with Crippen LogP contribution < -0.4 is 10.1 Å². The molecule has 0 spiro atoms. The van der Waals surface area contributed by atoms with Crippen molar-refractivity contribution in [1.29, 1.82) is 5.26 Å². The lowest BCUT2D eigenvalue weighted by atomic mass is 10.1. The topological polar surface area (TPSA) is 62.1 Å². The number of hydrogen-bond donors (Lipinski definition) is 1. The van der Waals surface area contributed by atoms with Crippen molar-refractivity contribution in [1.82, 2.24) is 5.32 Å². The highest BCUT2D eigenvalue weighted by Crippen LogP contribution is 2.31. The van der Waals surface area contributed by atoms with E-state index in [-0.39, 0.29) is 11.9 Å². The molecule has 0 saturated heterocycles. The second-order valence-electron chi connectivity index (χ2n) is 4.00. The molecule has 1 aliphatic rings. The quantitative estimate of drug-likeness (QED) is 0.861. The van der Waals surface area contributed by atoms with Gasteiger partial charge in [0.1, 0.15) is 18.3 Å². The van der Waals surface area contributed by atoms with E-state index in [4.69, 9.17) is 10.00 Å². The van der Waals surface area contributed by atoms with Gasteiger partial charge in [0.2, 0.25) is 5.91 Å². The summed E-state index contributed by atoms with van der Waals surface area (Å²) in [6.07, 6.45) is 0.525. The largest absolute Gasteiger partial charge is 0.491 e. The van der Waals surface area contributed by atoms with E-state index < -0.39 is 5.92 Å². The third-order valence-electron chi connectivity index (χ3n) is 2.90. The number of amides is 1. The van der Waals surface area contributed by atoms with E-state index in [1.54, 1.807) is 0 Å². The first-order chi connectivity index (χ1) is 8.26. The Kier molecular flexibility index (Phi) is 3.29. The molecule has 1 aromatic carbocycles. The molecular formula is C13H14N2O2. The van der Waals surface area contributed by atoms with Crippen molar-refractivity contribution in [2.45, 2.75) is 19.4 Å². The van der Waals surface area contributed by atoms with Gasteiger partial charge in [-0.05, 0) is 12.5 Å². The summed E-state index contributed by atoms with van der Waals surface area (Å²) in [5.41, 5.74) is 0.980. The SMILES string of the molecule is CCC(C#N)C(=O)NC1COc2ccccc21. The number of nitriles is 1. The van der Waals surface area contributed by atoms with Crippen molar-refractivity contribution in [2.75, 3.05) is 6.61 Å². The van der Waals surface area contributed by atoms with Gasteiger partial charge in [0.15, 0.2) is 0 Å². The Hall–Kier alpha value is -2.02. The smallest absolute Gasteiger partial charge is 0.237 e. The van der Waals surface area contributed by atoms with Crippen molar-refractivity contribution in [3.8, 4) is 11.8 Å². The summed E-state index contributed by atoms with van der Waals surface area (Å²) in [4.78, 5) is 11.8. The highest BCUT2D eigenvalue weighted by molar-refractivity contribution is 5.81. The fourth-order valence-corrected chi connectivity index (χ4v) is 1.89. The van der Waals surface area contributed by atoms with Gasteiger partial charge in [0.25, 0.3) is 0 Å². The van der Waals surface area contributed by atoms with Gasteiger partial charge in [0, 0.05) is 5.56 Å². The van der Waals surface area contributed by atoms with E-state index in [0.717, 1.165) is 11.3 Å². The van der Waals surface area contributed by atoms with Gasteiger partial charge in [-0.1, -0.05) is 25.1 Å². The highest BCUT2D eigenvalue weighted by atomic mass is 16.5. The monoisotopic (exact) mass is 230 g/mol. The van der Waals surface area contributed by atoms with Crippen LogP contribution in [0.15, 0.2) is 24.3 Å². The zero-order valence-electron chi connectivity index (χ0n) is 9.64. The molecule has 88 valence electrons. The van der Waals surface area contributed by atoms with Crippen LogP contribution in [0.5, 0.6) is 5.75 Å². The van der Waals surface area contributed by atoms with Crippen LogP contribution >= 0.6 is 0 Å². The third-order valence-corrected chi connectivity index (χ3v) is 2.90. The third kappa shape index (κ3) is 2.23. The number of benzene rings is 1. The van der Waals surface area contributed by atoms with Crippen LogP contribution in [0, 0.1) is 17.2 Å². The molecular weight excluding hydrogens is 216 g/mol. The zero-order chi connectivity index (χ0) is 12.3. The summed E-state index contributed by atoms with van der Waals surface area (Å²) in [6.45, 7) is 2.26. The van der Waals surface area contributed by atoms with Crippen LogP contribution in [0.3, 0.4) is 0 Å². The molecule has 0 bridgehead atoms. The van der Waals surface area contributed by atoms with E-state index in [1.165, 1.54) is 0 Å². The minimum atomic E-state index is -0.581. The number of nitrogens with one attached hydrogen (secondary N) is 1. The summed E-state index contributed by atoms with van der Waals surface area (Å²) >= 11 is 0. The Morgan fingerprint density at radius 3 is 3.12 bits per heavy atom. The average molecular weight is 230 g/mol. The van der Waals surface area contributed by atoms with Crippen LogP contribution in [-0.2, 0) is 4.79 Å². The second kappa shape index (κ2) is 4.88. The van der Waals surface area contributed by atoms with E-state index in [2.05, 4.69) is 5.32 Å². The molecule has 0 saturated carbocycles. The molecule has 0 aliphatic carbocycles. The predicted octanol–water partition coefficient (Wildman–Crippen LogP) is 1.79. The average Bonchev–Trinajstić information content (AvgIpc) is 2.74. The van der Waals surface area contributed by atoms with Crippen LogP contribution in [0.1, 0.15) is 24.9 Å². The Balaban J connectivity index is 2.08. The molecule has 4 nitrogen and oxygen atoms in total. The molecule has 0 fully saturated rings. The second-order valence-corrected chi connectivity index (χ2v) is 4.00. The molecule has 1 aliphatic heterocycles. The number of carbonyl (C=O) groups is 1. The van der Waals surface area contributed by atoms with Crippen LogP contribution in [0.4, 0.5) is 0 Å². The van der Waals surface area contributed by atoms with Gasteiger partial charge in [-0.25, -0.2) is 0 Å². The Morgan fingerprint density at radius 1 is 1.65 bits per heavy atom. The van der Waals surface area contributed by atoms with Crippen LogP contribution in [0.2, 0.25) is 0 Å².